The van der Waals surface area contributed by atoms with Crippen molar-refractivity contribution in [3.63, 3.8) is 0 Å². The van der Waals surface area contributed by atoms with Gasteiger partial charge in [0, 0.05) is 50.0 Å². The summed E-state index contributed by atoms with van der Waals surface area (Å²) in [6, 6.07) is 16.8. The lowest BCUT2D eigenvalue weighted by molar-refractivity contribution is -0.138. The minimum atomic E-state index is -4.88. The number of benzene rings is 3. The number of hydrogen-bond donors (Lipinski definition) is 1. The fraction of sp³-hybridized carbons (Fsp3) is 0.303. The Bertz CT molecular complexity index is 1890. The van der Waals surface area contributed by atoms with Gasteiger partial charge in [-0.2, -0.15) is 18.4 Å². The minimum Gasteiger partial charge on any atom is -0.363 e. The Morgan fingerprint density at radius 2 is 1.52 bits per heavy atom. The monoisotopic (exact) mass is 638 g/mol. The second kappa shape index (κ2) is 13.3. The number of halogens is 5. The summed E-state index contributed by atoms with van der Waals surface area (Å²) < 4.78 is 72.6. The van der Waals surface area contributed by atoms with Crippen LogP contribution in [0.1, 0.15) is 39.6 Å². The second-order valence-electron chi connectivity index (χ2n) is 11.1. The summed E-state index contributed by atoms with van der Waals surface area (Å²) in [4.78, 5) is 31.5. The van der Waals surface area contributed by atoms with Gasteiger partial charge in [-0.05, 0) is 36.2 Å². The zero-order valence-electron chi connectivity index (χ0n) is 24.9. The molecule has 1 aromatic heterocycles. The van der Waals surface area contributed by atoms with Crippen LogP contribution in [-0.4, -0.2) is 40.2 Å². The lowest BCUT2D eigenvalue weighted by atomic mass is 10.1. The Morgan fingerprint density at radius 1 is 0.870 bits per heavy atom. The normalized spacial score (nSPS) is 14.7. The van der Waals surface area contributed by atoms with Gasteiger partial charge in [0.25, 0.3) is 5.56 Å². The van der Waals surface area contributed by atoms with Crippen molar-refractivity contribution in [1.82, 2.24) is 14.0 Å². The molecule has 2 N–H and O–H groups in total. The average molecular weight is 639 g/mol. The predicted molar refractivity (Wildman–Crippen MR) is 162 cm³/mol. The summed E-state index contributed by atoms with van der Waals surface area (Å²) in [5.41, 5.74) is 4.14. The van der Waals surface area contributed by atoms with Crippen LogP contribution >= 0.6 is 0 Å². The predicted octanol–water partition coefficient (Wildman–Crippen LogP) is 4.56. The van der Waals surface area contributed by atoms with E-state index in [0.717, 1.165) is 27.3 Å². The quantitative estimate of drug-likeness (QED) is 0.284. The molecule has 0 spiro atoms. The molecule has 0 bridgehead atoms. The summed E-state index contributed by atoms with van der Waals surface area (Å²) in [6.07, 6.45) is -4.88. The standard InChI is InChI=1S/C33H31F5N6O2/c1-21-30(42-15-13-41(14-16-42)18-23-9-5-11-27(34)24(23)17-39)31(45)44(20-29(40)22-7-3-2-4-8-22)32(46)43(21)19-25-26(33(36,37)38)10-6-12-28(25)35/h2-12,29H,13-16,18-20,40H2,1H3. The summed E-state index contributed by atoms with van der Waals surface area (Å²) >= 11 is 0. The zero-order valence-corrected chi connectivity index (χ0v) is 24.9. The lowest BCUT2D eigenvalue weighted by Crippen LogP contribution is -2.51. The Labute approximate surface area is 261 Å². The third kappa shape index (κ3) is 6.59. The van der Waals surface area contributed by atoms with Crippen LogP contribution in [-0.2, 0) is 25.8 Å². The molecule has 240 valence electrons. The van der Waals surface area contributed by atoms with E-state index >= 15 is 0 Å². The molecule has 2 heterocycles. The maximum atomic E-state index is 14.9. The first-order chi connectivity index (χ1) is 21.9. The van der Waals surface area contributed by atoms with Crippen LogP contribution in [0.15, 0.2) is 76.3 Å². The average Bonchev–Trinajstić information content (AvgIpc) is 3.03. The molecule has 3 aromatic carbocycles. The van der Waals surface area contributed by atoms with Gasteiger partial charge in [0.05, 0.1) is 24.2 Å². The fourth-order valence-corrected chi connectivity index (χ4v) is 5.84. The van der Waals surface area contributed by atoms with Crippen LogP contribution in [0.25, 0.3) is 0 Å². The van der Waals surface area contributed by atoms with Gasteiger partial charge < -0.3 is 10.6 Å². The minimum absolute atomic E-state index is 0.0446. The molecule has 46 heavy (non-hydrogen) atoms. The third-order valence-corrected chi connectivity index (χ3v) is 8.30. The van der Waals surface area contributed by atoms with E-state index < -0.39 is 52.8 Å². The molecule has 1 fully saturated rings. The first-order valence-corrected chi connectivity index (χ1v) is 14.5. The summed E-state index contributed by atoms with van der Waals surface area (Å²) in [5.74, 6) is -1.75. The molecule has 4 aromatic rings. The Hall–Kier alpha value is -4.80. The lowest BCUT2D eigenvalue weighted by Gasteiger charge is -2.37. The number of anilines is 1. The van der Waals surface area contributed by atoms with Gasteiger partial charge in [-0.3, -0.25) is 18.8 Å². The SMILES string of the molecule is Cc1c(N2CCN(Cc3cccc(F)c3C#N)CC2)c(=O)n(CC(N)c2ccccc2)c(=O)n1Cc1c(F)cccc1C(F)(F)F. The molecule has 13 heteroatoms. The molecule has 0 aliphatic carbocycles. The fourth-order valence-electron chi connectivity index (χ4n) is 5.84. The van der Waals surface area contributed by atoms with Crippen LogP contribution in [0.3, 0.4) is 0 Å². The van der Waals surface area contributed by atoms with Gasteiger partial charge in [-0.15, -0.1) is 0 Å². The summed E-state index contributed by atoms with van der Waals surface area (Å²) in [6.45, 7) is 2.06. The van der Waals surface area contributed by atoms with Gasteiger partial charge in [0.1, 0.15) is 23.4 Å². The second-order valence-corrected chi connectivity index (χ2v) is 11.1. The Balaban J connectivity index is 1.53. The van der Waals surface area contributed by atoms with E-state index in [-0.39, 0.29) is 43.1 Å². The highest BCUT2D eigenvalue weighted by Crippen LogP contribution is 2.33. The van der Waals surface area contributed by atoms with Crippen molar-refractivity contribution < 1.29 is 22.0 Å². The van der Waals surface area contributed by atoms with Gasteiger partial charge in [0.2, 0.25) is 0 Å². The van der Waals surface area contributed by atoms with E-state index in [1.807, 2.05) is 11.0 Å². The van der Waals surface area contributed by atoms with Gasteiger partial charge >= 0.3 is 11.9 Å². The van der Waals surface area contributed by atoms with Gasteiger partial charge in [0.15, 0.2) is 0 Å². The van der Waals surface area contributed by atoms with Crippen molar-refractivity contribution in [2.75, 3.05) is 31.1 Å². The van der Waals surface area contributed by atoms with Crippen LogP contribution in [0.5, 0.6) is 0 Å². The molecule has 1 aliphatic rings. The Morgan fingerprint density at radius 3 is 2.17 bits per heavy atom. The number of nitriles is 1. The van der Waals surface area contributed by atoms with Crippen molar-refractivity contribution in [3.05, 3.63) is 133 Å². The zero-order chi connectivity index (χ0) is 33.2. The molecule has 8 nitrogen and oxygen atoms in total. The Kier molecular flexibility index (Phi) is 9.41. The van der Waals surface area contributed by atoms with Crippen molar-refractivity contribution in [2.24, 2.45) is 5.73 Å². The molecular weight excluding hydrogens is 607 g/mol. The molecule has 0 saturated carbocycles. The number of hydrogen-bond acceptors (Lipinski definition) is 6. The van der Waals surface area contributed by atoms with Crippen LogP contribution in [0.4, 0.5) is 27.6 Å². The van der Waals surface area contributed by atoms with Gasteiger partial charge in [-0.1, -0.05) is 48.5 Å². The van der Waals surface area contributed by atoms with E-state index in [4.69, 9.17) is 5.73 Å². The topological polar surface area (TPSA) is 100 Å². The van der Waals surface area contributed by atoms with Crippen LogP contribution in [0, 0.1) is 29.9 Å². The number of alkyl halides is 3. The smallest absolute Gasteiger partial charge is 0.363 e. The number of nitrogens with two attached hydrogens (primary N) is 1. The van der Waals surface area contributed by atoms with E-state index in [2.05, 4.69) is 0 Å². The largest absolute Gasteiger partial charge is 0.416 e. The molecular formula is C33H31F5N6O2. The van der Waals surface area contributed by atoms with Crippen molar-refractivity contribution >= 4 is 5.69 Å². The van der Waals surface area contributed by atoms with Crippen molar-refractivity contribution in [1.29, 1.82) is 5.26 Å². The number of nitrogens with zero attached hydrogens (tertiary/aromatic N) is 5. The maximum Gasteiger partial charge on any atom is 0.416 e. The number of piperazine rings is 1. The van der Waals surface area contributed by atoms with Gasteiger partial charge in [-0.25, -0.2) is 13.6 Å². The van der Waals surface area contributed by atoms with Crippen LogP contribution in [0.2, 0.25) is 0 Å². The molecule has 1 atom stereocenters. The van der Waals surface area contributed by atoms with Crippen LogP contribution < -0.4 is 21.9 Å². The molecule has 0 radical (unpaired) electrons. The van der Waals surface area contributed by atoms with Crippen molar-refractivity contribution in [3.8, 4) is 6.07 Å². The maximum absolute atomic E-state index is 14.9. The van der Waals surface area contributed by atoms with E-state index in [1.54, 1.807) is 41.3 Å². The van der Waals surface area contributed by atoms with E-state index in [1.165, 1.54) is 19.1 Å². The first-order valence-electron chi connectivity index (χ1n) is 14.5. The first kappa shape index (κ1) is 32.6. The van der Waals surface area contributed by atoms with E-state index in [0.29, 0.717) is 24.2 Å². The summed E-state index contributed by atoms with van der Waals surface area (Å²) in [5, 5.41) is 9.40. The van der Waals surface area contributed by atoms with Crippen molar-refractivity contribution in [2.45, 2.75) is 38.8 Å². The highest BCUT2D eigenvalue weighted by molar-refractivity contribution is 5.50. The molecule has 5 rings (SSSR count). The van der Waals surface area contributed by atoms with E-state index in [9.17, 15) is 36.8 Å². The molecule has 1 unspecified atom stereocenters. The molecule has 1 saturated heterocycles. The highest BCUT2D eigenvalue weighted by Gasteiger charge is 2.35. The number of aromatic nitrogens is 2. The summed E-state index contributed by atoms with van der Waals surface area (Å²) in [7, 11) is 0. The highest BCUT2D eigenvalue weighted by atomic mass is 19.4. The molecule has 0 amide bonds. The number of rotatable bonds is 8. The third-order valence-electron chi connectivity index (χ3n) is 8.30. The molecule has 1 aliphatic heterocycles.